The molecule has 2 rings (SSSR count). The lowest BCUT2D eigenvalue weighted by molar-refractivity contribution is -0.385. The van der Waals surface area contributed by atoms with Crippen molar-refractivity contribution in [1.82, 2.24) is 9.97 Å². The second-order valence-corrected chi connectivity index (χ2v) is 4.12. The molecule has 96 valence electrons. The van der Waals surface area contributed by atoms with Gasteiger partial charge in [-0.1, -0.05) is 0 Å². The molecule has 1 aliphatic rings. The third-order valence-corrected chi connectivity index (χ3v) is 2.89. The second-order valence-electron chi connectivity index (χ2n) is 4.12. The van der Waals surface area contributed by atoms with Crippen LogP contribution in [0.15, 0.2) is 12.4 Å². The number of hydrogen-bond acceptors (Lipinski definition) is 6. The van der Waals surface area contributed by atoms with Gasteiger partial charge in [0.1, 0.15) is 12.4 Å². The molecule has 0 saturated carbocycles. The fraction of sp³-hybridized carbons (Fsp3) is 0.500. The summed E-state index contributed by atoms with van der Waals surface area (Å²) in [5.74, 6) is -0.925. The van der Waals surface area contributed by atoms with Gasteiger partial charge in [0.25, 0.3) is 0 Å². The molecule has 1 fully saturated rings. The van der Waals surface area contributed by atoms with Gasteiger partial charge in [-0.2, -0.15) is 0 Å². The molecule has 0 bridgehead atoms. The average Bonchev–Trinajstić information content (AvgIpc) is 2.39. The number of aliphatic carboxylic acids is 1. The van der Waals surface area contributed by atoms with E-state index in [1.54, 1.807) is 4.90 Å². The first-order valence-electron chi connectivity index (χ1n) is 5.52. The van der Waals surface area contributed by atoms with Crippen LogP contribution in [0.25, 0.3) is 0 Å². The van der Waals surface area contributed by atoms with Crippen LogP contribution in [0.1, 0.15) is 12.8 Å². The summed E-state index contributed by atoms with van der Waals surface area (Å²) >= 11 is 0. The zero-order chi connectivity index (χ0) is 13.1. The number of rotatable bonds is 3. The van der Waals surface area contributed by atoms with Gasteiger partial charge in [-0.15, -0.1) is 0 Å². The van der Waals surface area contributed by atoms with Crippen LogP contribution in [-0.4, -0.2) is 39.1 Å². The summed E-state index contributed by atoms with van der Waals surface area (Å²) in [5, 5.41) is 19.4. The van der Waals surface area contributed by atoms with Gasteiger partial charge in [-0.25, -0.2) is 9.97 Å². The summed E-state index contributed by atoms with van der Waals surface area (Å²) in [6.45, 7) is 1.01. The lowest BCUT2D eigenvalue weighted by Gasteiger charge is -2.30. The molecule has 18 heavy (non-hydrogen) atoms. The van der Waals surface area contributed by atoms with Crippen molar-refractivity contribution in [3.8, 4) is 0 Å². The minimum Gasteiger partial charge on any atom is -0.481 e. The maximum absolute atomic E-state index is 10.9. The van der Waals surface area contributed by atoms with E-state index < -0.39 is 16.8 Å². The highest BCUT2D eigenvalue weighted by Gasteiger charge is 2.26. The van der Waals surface area contributed by atoms with Gasteiger partial charge in [0.2, 0.25) is 5.95 Å². The number of hydrogen-bond donors (Lipinski definition) is 1. The van der Waals surface area contributed by atoms with E-state index in [4.69, 9.17) is 5.11 Å². The molecule has 0 aliphatic carbocycles. The Hall–Kier alpha value is -2.25. The topological polar surface area (TPSA) is 109 Å². The molecule has 1 aromatic heterocycles. The lowest BCUT2D eigenvalue weighted by atomic mass is 9.99. The van der Waals surface area contributed by atoms with Crippen LogP contribution in [0.5, 0.6) is 0 Å². The number of aromatic nitrogens is 2. The molecule has 0 spiro atoms. The van der Waals surface area contributed by atoms with Gasteiger partial charge in [0.05, 0.1) is 10.8 Å². The molecule has 8 heteroatoms. The molecule has 1 saturated heterocycles. The van der Waals surface area contributed by atoms with Crippen LogP contribution < -0.4 is 4.90 Å². The van der Waals surface area contributed by atoms with Crippen molar-refractivity contribution in [2.75, 3.05) is 18.0 Å². The second kappa shape index (κ2) is 4.94. The number of anilines is 1. The third-order valence-electron chi connectivity index (χ3n) is 2.89. The molecule has 8 nitrogen and oxygen atoms in total. The Kier molecular flexibility index (Phi) is 3.35. The molecule has 1 aromatic rings. The first kappa shape index (κ1) is 12.2. The van der Waals surface area contributed by atoms with Crippen molar-refractivity contribution in [1.29, 1.82) is 0 Å². The molecular weight excluding hydrogens is 240 g/mol. The normalized spacial score (nSPS) is 19.6. The SMILES string of the molecule is O=C(O)C1CCCN(c2ncc([N+](=O)[O-])cn2)C1. The molecule has 0 amide bonds. The van der Waals surface area contributed by atoms with Crippen molar-refractivity contribution < 1.29 is 14.8 Å². The summed E-state index contributed by atoms with van der Waals surface area (Å²) in [4.78, 5) is 30.3. The summed E-state index contributed by atoms with van der Waals surface area (Å²) in [5.41, 5.74) is -0.175. The Balaban J connectivity index is 2.11. The number of nitrogens with zero attached hydrogens (tertiary/aromatic N) is 4. The number of nitro groups is 1. The van der Waals surface area contributed by atoms with Crippen LogP contribution in [0, 0.1) is 16.0 Å². The largest absolute Gasteiger partial charge is 0.481 e. The molecule has 0 radical (unpaired) electrons. The minimum absolute atomic E-state index is 0.175. The van der Waals surface area contributed by atoms with E-state index in [1.165, 1.54) is 0 Å². The average molecular weight is 252 g/mol. The van der Waals surface area contributed by atoms with Gasteiger partial charge in [-0.3, -0.25) is 14.9 Å². The van der Waals surface area contributed by atoms with Crippen LogP contribution in [0.3, 0.4) is 0 Å². The van der Waals surface area contributed by atoms with Crippen molar-refractivity contribution in [3.05, 3.63) is 22.5 Å². The Morgan fingerprint density at radius 3 is 2.72 bits per heavy atom. The summed E-state index contributed by atoms with van der Waals surface area (Å²) < 4.78 is 0. The molecule has 1 N–H and O–H groups in total. The number of piperidine rings is 1. The Morgan fingerprint density at radius 2 is 2.17 bits per heavy atom. The predicted octanol–water partition coefficient (Wildman–Crippen LogP) is 0.686. The van der Waals surface area contributed by atoms with Crippen molar-refractivity contribution in [3.63, 3.8) is 0 Å². The Labute approximate surface area is 102 Å². The highest BCUT2D eigenvalue weighted by atomic mass is 16.6. The quantitative estimate of drug-likeness (QED) is 0.622. The van der Waals surface area contributed by atoms with E-state index in [-0.39, 0.29) is 5.69 Å². The summed E-state index contributed by atoms with van der Waals surface area (Å²) in [7, 11) is 0. The maximum Gasteiger partial charge on any atom is 0.308 e. The number of carboxylic acid groups (broad SMARTS) is 1. The zero-order valence-electron chi connectivity index (χ0n) is 9.52. The van der Waals surface area contributed by atoms with E-state index in [0.29, 0.717) is 25.5 Å². The van der Waals surface area contributed by atoms with Crippen LogP contribution in [0.4, 0.5) is 11.6 Å². The summed E-state index contributed by atoms with van der Waals surface area (Å²) in [6, 6.07) is 0. The molecule has 1 unspecified atom stereocenters. The Bertz CT molecular complexity index is 461. The number of carbonyl (C=O) groups is 1. The van der Waals surface area contributed by atoms with E-state index in [2.05, 4.69) is 9.97 Å². The molecule has 1 atom stereocenters. The van der Waals surface area contributed by atoms with Crippen LogP contribution in [0.2, 0.25) is 0 Å². The third kappa shape index (κ3) is 2.53. The minimum atomic E-state index is -0.832. The zero-order valence-corrected chi connectivity index (χ0v) is 9.52. The van der Waals surface area contributed by atoms with Gasteiger partial charge in [0.15, 0.2) is 0 Å². The van der Waals surface area contributed by atoms with Crippen molar-refractivity contribution >= 4 is 17.6 Å². The first-order valence-corrected chi connectivity index (χ1v) is 5.52. The highest BCUT2D eigenvalue weighted by molar-refractivity contribution is 5.71. The molecule has 2 heterocycles. The van der Waals surface area contributed by atoms with E-state index in [0.717, 1.165) is 18.8 Å². The first-order chi connectivity index (χ1) is 8.58. The predicted molar refractivity (Wildman–Crippen MR) is 61.3 cm³/mol. The number of carboxylic acids is 1. The Morgan fingerprint density at radius 1 is 1.50 bits per heavy atom. The van der Waals surface area contributed by atoms with Crippen LogP contribution in [-0.2, 0) is 4.79 Å². The van der Waals surface area contributed by atoms with E-state index in [9.17, 15) is 14.9 Å². The molecule has 0 aromatic carbocycles. The molecule has 1 aliphatic heterocycles. The lowest BCUT2D eigenvalue weighted by Crippen LogP contribution is -2.39. The van der Waals surface area contributed by atoms with Crippen LogP contribution >= 0.6 is 0 Å². The standard InChI is InChI=1S/C10H12N4O4/c15-9(16)7-2-1-3-13(6-7)10-11-4-8(5-12-10)14(17)18/h4-5,7H,1-3,6H2,(H,15,16). The maximum atomic E-state index is 10.9. The fourth-order valence-corrected chi connectivity index (χ4v) is 1.93. The van der Waals surface area contributed by atoms with Gasteiger partial charge in [-0.05, 0) is 12.8 Å². The van der Waals surface area contributed by atoms with Gasteiger partial charge < -0.3 is 10.0 Å². The van der Waals surface area contributed by atoms with Gasteiger partial charge >= 0.3 is 11.7 Å². The van der Waals surface area contributed by atoms with E-state index >= 15 is 0 Å². The summed E-state index contributed by atoms with van der Waals surface area (Å²) in [6.07, 6.45) is 3.65. The molecular formula is C10H12N4O4. The van der Waals surface area contributed by atoms with Crippen molar-refractivity contribution in [2.45, 2.75) is 12.8 Å². The highest BCUT2D eigenvalue weighted by Crippen LogP contribution is 2.21. The smallest absolute Gasteiger partial charge is 0.308 e. The monoisotopic (exact) mass is 252 g/mol. The van der Waals surface area contributed by atoms with Gasteiger partial charge in [0, 0.05) is 13.1 Å². The fourth-order valence-electron chi connectivity index (χ4n) is 1.93. The van der Waals surface area contributed by atoms with E-state index in [1.807, 2.05) is 0 Å². The van der Waals surface area contributed by atoms with Crippen molar-refractivity contribution in [2.24, 2.45) is 5.92 Å².